The maximum atomic E-state index is 11.8. The van der Waals surface area contributed by atoms with E-state index in [0.29, 0.717) is 18.2 Å². The average Bonchev–Trinajstić information content (AvgIpc) is 2.38. The lowest BCUT2D eigenvalue weighted by Crippen LogP contribution is -2.37. The third kappa shape index (κ3) is 4.37. The number of amides is 1. The number of carbonyl (C=O) groups is 1. The second kappa shape index (κ2) is 7.01. The third-order valence-corrected chi connectivity index (χ3v) is 3.22. The van der Waals surface area contributed by atoms with Crippen LogP contribution in [0.2, 0.25) is 0 Å². The Bertz CT molecular complexity index is 376. The quantitative estimate of drug-likeness (QED) is 0.810. The molecular weight excluding hydrogens is 228 g/mol. The number of benzene rings is 1. The highest BCUT2D eigenvalue weighted by Gasteiger charge is 2.08. The molecule has 4 nitrogen and oxygen atoms in total. The summed E-state index contributed by atoms with van der Waals surface area (Å²) < 4.78 is 0. The summed E-state index contributed by atoms with van der Waals surface area (Å²) in [5, 5.41) is 12.0. The Kier molecular flexibility index (Phi) is 5.65. The summed E-state index contributed by atoms with van der Waals surface area (Å²) in [6, 6.07) is 6.78. The molecule has 0 spiro atoms. The highest BCUT2D eigenvalue weighted by atomic mass is 16.3. The summed E-state index contributed by atoms with van der Waals surface area (Å²) >= 11 is 0. The molecule has 0 radical (unpaired) electrons. The highest BCUT2D eigenvalue weighted by Crippen LogP contribution is 2.09. The zero-order valence-electron chi connectivity index (χ0n) is 11.3. The van der Waals surface area contributed by atoms with E-state index >= 15 is 0 Å². The van der Waals surface area contributed by atoms with Gasteiger partial charge < -0.3 is 15.3 Å². The Balaban J connectivity index is 2.35. The van der Waals surface area contributed by atoms with Gasteiger partial charge in [-0.3, -0.25) is 4.79 Å². The van der Waals surface area contributed by atoms with Crippen molar-refractivity contribution in [1.29, 1.82) is 0 Å². The molecule has 2 N–H and O–H groups in total. The van der Waals surface area contributed by atoms with Crippen LogP contribution in [0.1, 0.15) is 30.6 Å². The van der Waals surface area contributed by atoms with E-state index < -0.39 is 0 Å². The molecule has 0 saturated carbocycles. The average molecular weight is 250 g/mol. The van der Waals surface area contributed by atoms with E-state index in [0.717, 1.165) is 13.0 Å². The van der Waals surface area contributed by atoms with Gasteiger partial charge in [-0.15, -0.1) is 0 Å². The summed E-state index contributed by atoms with van der Waals surface area (Å²) in [6.45, 7) is 5.78. The fourth-order valence-electron chi connectivity index (χ4n) is 1.59. The molecule has 0 aliphatic heterocycles. The summed E-state index contributed by atoms with van der Waals surface area (Å²) in [5.41, 5.74) is 0.569. The third-order valence-electron chi connectivity index (χ3n) is 3.22. The first kappa shape index (κ1) is 14.5. The first-order valence-electron chi connectivity index (χ1n) is 6.32. The number of rotatable bonds is 6. The van der Waals surface area contributed by atoms with Gasteiger partial charge in [-0.2, -0.15) is 0 Å². The van der Waals surface area contributed by atoms with Gasteiger partial charge in [-0.1, -0.05) is 6.92 Å². The molecule has 1 aromatic rings. The van der Waals surface area contributed by atoms with Crippen LogP contribution in [0.25, 0.3) is 0 Å². The monoisotopic (exact) mass is 250 g/mol. The van der Waals surface area contributed by atoms with Crippen LogP contribution in [-0.4, -0.2) is 42.1 Å². The number of hydrogen-bond acceptors (Lipinski definition) is 3. The van der Waals surface area contributed by atoms with Crippen molar-refractivity contribution in [2.45, 2.75) is 26.3 Å². The molecule has 0 fully saturated rings. The minimum Gasteiger partial charge on any atom is -0.508 e. The molecule has 1 unspecified atom stereocenters. The largest absolute Gasteiger partial charge is 0.508 e. The molecular formula is C14H22N2O2. The summed E-state index contributed by atoms with van der Waals surface area (Å²) in [7, 11) is 2.06. The molecule has 0 aliphatic carbocycles. The Labute approximate surface area is 109 Å². The van der Waals surface area contributed by atoms with Gasteiger partial charge in [-0.05, 0) is 44.7 Å². The predicted molar refractivity (Wildman–Crippen MR) is 72.8 cm³/mol. The molecule has 0 aromatic heterocycles. The minimum atomic E-state index is -0.104. The van der Waals surface area contributed by atoms with E-state index in [1.165, 1.54) is 12.1 Å². The van der Waals surface area contributed by atoms with Gasteiger partial charge in [0.15, 0.2) is 0 Å². The van der Waals surface area contributed by atoms with Crippen LogP contribution in [0, 0.1) is 0 Å². The molecule has 4 heteroatoms. The van der Waals surface area contributed by atoms with Crippen molar-refractivity contribution in [3.05, 3.63) is 29.8 Å². The van der Waals surface area contributed by atoms with Crippen LogP contribution in [0.15, 0.2) is 24.3 Å². The molecule has 100 valence electrons. The van der Waals surface area contributed by atoms with Crippen LogP contribution >= 0.6 is 0 Å². The first-order chi connectivity index (χ1) is 8.54. The summed E-state index contributed by atoms with van der Waals surface area (Å²) in [4.78, 5) is 14.0. The lowest BCUT2D eigenvalue weighted by Gasteiger charge is -2.23. The van der Waals surface area contributed by atoms with Crippen LogP contribution < -0.4 is 5.32 Å². The van der Waals surface area contributed by atoms with Gasteiger partial charge in [0, 0.05) is 24.7 Å². The molecule has 0 heterocycles. The van der Waals surface area contributed by atoms with Crippen LogP contribution in [-0.2, 0) is 0 Å². The lowest BCUT2D eigenvalue weighted by atomic mass is 10.2. The predicted octanol–water partition coefficient (Wildman–Crippen LogP) is 1.85. The SMILES string of the molecule is CCC(C)N(C)CCNC(=O)c1ccc(O)cc1. The van der Waals surface area contributed by atoms with E-state index in [-0.39, 0.29) is 11.7 Å². The van der Waals surface area contributed by atoms with Gasteiger partial charge in [0.25, 0.3) is 5.91 Å². The molecule has 0 aliphatic rings. The van der Waals surface area contributed by atoms with Crippen molar-refractivity contribution < 1.29 is 9.90 Å². The molecule has 1 aromatic carbocycles. The number of carbonyl (C=O) groups excluding carboxylic acids is 1. The van der Waals surface area contributed by atoms with Crippen molar-refractivity contribution in [2.24, 2.45) is 0 Å². The van der Waals surface area contributed by atoms with E-state index in [4.69, 9.17) is 5.11 Å². The van der Waals surface area contributed by atoms with E-state index in [1.807, 2.05) is 0 Å². The Morgan fingerprint density at radius 1 is 1.39 bits per heavy atom. The summed E-state index contributed by atoms with van der Waals surface area (Å²) in [6.07, 6.45) is 1.10. The Morgan fingerprint density at radius 2 is 2.00 bits per heavy atom. The standard InChI is InChI=1S/C14H22N2O2/c1-4-11(2)16(3)10-9-15-14(18)12-5-7-13(17)8-6-12/h5-8,11,17H,4,9-10H2,1-3H3,(H,15,18). The number of hydrogen-bond donors (Lipinski definition) is 2. The Morgan fingerprint density at radius 3 is 2.56 bits per heavy atom. The smallest absolute Gasteiger partial charge is 0.251 e. The fraction of sp³-hybridized carbons (Fsp3) is 0.500. The van der Waals surface area contributed by atoms with Crippen molar-refractivity contribution in [1.82, 2.24) is 10.2 Å². The minimum absolute atomic E-state index is 0.104. The van der Waals surface area contributed by atoms with Crippen LogP contribution in [0.3, 0.4) is 0 Å². The van der Waals surface area contributed by atoms with E-state index in [2.05, 4.69) is 31.1 Å². The van der Waals surface area contributed by atoms with Crippen molar-refractivity contribution in [3.8, 4) is 5.75 Å². The maximum Gasteiger partial charge on any atom is 0.251 e. The number of aromatic hydroxyl groups is 1. The maximum absolute atomic E-state index is 11.8. The number of likely N-dealkylation sites (N-methyl/N-ethyl adjacent to an activating group) is 1. The van der Waals surface area contributed by atoms with Crippen LogP contribution in [0.4, 0.5) is 0 Å². The second-order valence-electron chi connectivity index (χ2n) is 4.54. The second-order valence-corrected chi connectivity index (χ2v) is 4.54. The molecule has 1 amide bonds. The first-order valence-corrected chi connectivity index (χ1v) is 6.32. The van der Waals surface area contributed by atoms with E-state index in [1.54, 1.807) is 12.1 Å². The topological polar surface area (TPSA) is 52.6 Å². The fourth-order valence-corrected chi connectivity index (χ4v) is 1.59. The summed E-state index contributed by atoms with van der Waals surface area (Å²) in [5.74, 6) is 0.0654. The molecule has 18 heavy (non-hydrogen) atoms. The highest BCUT2D eigenvalue weighted by molar-refractivity contribution is 5.94. The van der Waals surface area contributed by atoms with Crippen LogP contribution in [0.5, 0.6) is 5.75 Å². The number of nitrogens with one attached hydrogen (secondary N) is 1. The molecule has 0 saturated heterocycles. The van der Waals surface area contributed by atoms with Gasteiger partial charge >= 0.3 is 0 Å². The number of phenols is 1. The molecule has 1 atom stereocenters. The number of nitrogens with zero attached hydrogens (tertiary/aromatic N) is 1. The lowest BCUT2D eigenvalue weighted by molar-refractivity contribution is 0.0947. The van der Waals surface area contributed by atoms with Gasteiger partial charge in [0.2, 0.25) is 0 Å². The normalized spacial score (nSPS) is 12.4. The molecule has 1 rings (SSSR count). The van der Waals surface area contributed by atoms with Crippen molar-refractivity contribution in [3.63, 3.8) is 0 Å². The van der Waals surface area contributed by atoms with Gasteiger partial charge in [0.1, 0.15) is 5.75 Å². The van der Waals surface area contributed by atoms with Gasteiger partial charge in [0.05, 0.1) is 0 Å². The van der Waals surface area contributed by atoms with E-state index in [9.17, 15) is 4.79 Å². The van der Waals surface area contributed by atoms with Crippen molar-refractivity contribution >= 4 is 5.91 Å². The van der Waals surface area contributed by atoms with Gasteiger partial charge in [-0.25, -0.2) is 0 Å². The molecule has 0 bridgehead atoms. The Hall–Kier alpha value is -1.55. The number of phenolic OH excluding ortho intramolecular Hbond substituents is 1. The zero-order valence-corrected chi connectivity index (χ0v) is 11.3. The zero-order chi connectivity index (χ0) is 13.5. The van der Waals surface area contributed by atoms with Crippen molar-refractivity contribution in [2.75, 3.05) is 20.1 Å².